The van der Waals surface area contributed by atoms with Crippen molar-refractivity contribution in [2.75, 3.05) is 0 Å². The molecule has 0 N–H and O–H groups in total. The third-order valence-electron chi connectivity index (χ3n) is 3.06. The molecule has 0 saturated carbocycles. The number of hydrogen-bond donors (Lipinski definition) is 0. The first-order valence-corrected chi connectivity index (χ1v) is 7.82. The molecule has 0 aromatic heterocycles. The van der Waals surface area contributed by atoms with E-state index in [1.807, 2.05) is 30.3 Å². The summed E-state index contributed by atoms with van der Waals surface area (Å²) in [6.07, 6.45) is 14.4. The normalized spacial score (nSPS) is 9.16. The fourth-order valence-corrected chi connectivity index (χ4v) is 1.90. The van der Waals surface area contributed by atoms with Crippen molar-refractivity contribution >= 4 is 0 Å². The van der Waals surface area contributed by atoms with Gasteiger partial charge in [0.25, 0.3) is 0 Å². The van der Waals surface area contributed by atoms with Gasteiger partial charge in [-0.1, -0.05) is 78.1 Å². The Kier molecular flexibility index (Phi) is 23.3. The first-order valence-electron chi connectivity index (χ1n) is 7.82. The molecular weight excluding hydrogens is 239 g/mol. The average molecular weight is 270 g/mol. The fraction of sp³-hybridized carbons (Fsp3) is 0.667. The van der Waals surface area contributed by atoms with Crippen LogP contribution in [-0.4, -0.2) is 0 Å². The van der Waals surface area contributed by atoms with E-state index in [2.05, 4.69) is 19.9 Å². The SMILES string of the molecule is CCCCCCCCCCCC.[Na+].[c-]1ccccc1. The van der Waals surface area contributed by atoms with Crippen LogP contribution in [0, 0.1) is 6.07 Å². The summed E-state index contributed by atoms with van der Waals surface area (Å²) in [5.41, 5.74) is 0. The number of rotatable bonds is 9. The maximum absolute atomic E-state index is 2.89. The van der Waals surface area contributed by atoms with Gasteiger partial charge in [0.05, 0.1) is 0 Å². The molecule has 0 spiro atoms. The molecule has 1 aromatic carbocycles. The maximum atomic E-state index is 2.89. The number of benzene rings is 1. The molecule has 0 saturated heterocycles. The quantitative estimate of drug-likeness (QED) is 0.366. The molecule has 0 heterocycles. The van der Waals surface area contributed by atoms with E-state index in [-0.39, 0.29) is 29.6 Å². The van der Waals surface area contributed by atoms with Crippen LogP contribution in [0.5, 0.6) is 0 Å². The van der Waals surface area contributed by atoms with Crippen LogP contribution in [0.25, 0.3) is 0 Å². The van der Waals surface area contributed by atoms with E-state index in [0.717, 1.165) is 0 Å². The van der Waals surface area contributed by atoms with E-state index in [1.54, 1.807) is 0 Å². The second kappa shape index (κ2) is 20.5. The van der Waals surface area contributed by atoms with E-state index < -0.39 is 0 Å². The van der Waals surface area contributed by atoms with Crippen LogP contribution in [0.2, 0.25) is 0 Å². The van der Waals surface area contributed by atoms with Crippen molar-refractivity contribution in [2.45, 2.75) is 78.1 Å². The molecule has 0 atom stereocenters. The van der Waals surface area contributed by atoms with Gasteiger partial charge in [0, 0.05) is 0 Å². The summed E-state index contributed by atoms with van der Waals surface area (Å²) < 4.78 is 0. The van der Waals surface area contributed by atoms with Gasteiger partial charge < -0.3 is 0 Å². The summed E-state index contributed by atoms with van der Waals surface area (Å²) in [5, 5.41) is 0. The van der Waals surface area contributed by atoms with Crippen molar-refractivity contribution in [1.82, 2.24) is 0 Å². The first kappa shape index (κ1) is 21.5. The van der Waals surface area contributed by atoms with Gasteiger partial charge >= 0.3 is 29.6 Å². The van der Waals surface area contributed by atoms with E-state index in [0.29, 0.717) is 0 Å². The molecule has 19 heavy (non-hydrogen) atoms. The second-order valence-corrected chi connectivity index (χ2v) is 4.91. The van der Waals surface area contributed by atoms with Gasteiger partial charge in [0.2, 0.25) is 0 Å². The molecule has 0 fully saturated rings. The molecular formula is C18H31Na. The van der Waals surface area contributed by atoms with Crippen molar-refractivity contribution in [1.29, 1.82) is 0 Å². The first-order chi connectivity index (χ1) is 8.91. The van der Waals surface area contributed by atoms with E-state index in [1.165, 1.54) is 64.2 Å². The van der Waals surface area contributed by atoms with Crippen molar-refractivity contribution in [3.05, 3.63) is 36.4 Å². The minimum atomic E-state index is 0. The standard InChI is InChI=1S/C12H26.C6H5.Na/c1-3-5-7-9-11-12-10-8-6-4-2;1-2-4-6-5-3-1;/h3-12H2,1-2H3;1-5H;/q;-1;+1. The Morgan fingerprint density at radius 1 is 0.579 bits per heavy atom. The van der Waals surface area contributed by atoms with Crippen LogP contribution >= 0.6 is 0 Å². The smallest absolute Gasteiger partial charge is 0.184 e. The number of unbranched alkanes of at least 4 members (excludes halogenated alkanes) is 9. The number of hydrogen-bond acceptors (Lipinski definition) is 0. The third kappa shape index (κ3) is 20.7. The van der Waals surface area contributed by atoms with Crippen LogP contribution in [0.1, 0.15) is 78.1 Å². The average Bonchev–Trinajstić information content (AvgIpc) is 2.44. The van der Waals surface area contributed by atoms with Gasteiger partial charge in [-0.05, 0) is 0 Å². The van der Waals surface area contributed by atoms with Crippen LogP contribution in [0.15, 0.2) is 30.3 Å². The molecule has 0 aliphatic heterocycles. The molecule has 0 nitrogen and oxygen atoms in total. The summed E-state index contributed by atoms with van der Waals surface area (Å²) in [5.74, 6) is 0. The van der Waals surface area contributed by atoms with Crippen molar-refractivity contribution in [2.24, 2.45) is 0 Å². The van der Waals surface area contributed by atoms with Crippen LogP contribution in [-0.2, 0) is 0 Å². The second-order valence-electron chi connectivity index (χ2n) is 4.91. The molecule has 0 aliphatic carbocycles. The van der Waals surface area contributed by atoms with Crippen molar-refractivity contribution < 1.29 is 29.6 Å². The molecule has 0 bridgehead atoms. The predicted molar refractivity (Wildman–Crippen MR) is 82.8 cm³/mol. The minimum Gasteiger partial charge on any atom is -0.184 e. The fourth-order valence-electron chi connectivity index (χ4n) is 1.90. The zero-order chi connectivity index (χ0) is 13.3. The van der Waals surface area contributed by atoms with Gasteiger partial charge in [-0.3, -0.25) is 0 Å². The summed E-state index contributed by atoms with van der Waals surface area (Å²) >= 11 is 0. The predicted octanol–water partition coefficient (Wildman–Crippen LogP) is 3.42. The van der Waals surface area contributed by atoms with Crippen LogP contribution in [0.3, 0.4) is 0 Å². The molecule has 1 aromatic rings. The largest absolute Gasteiger partial charge is 1.00 e. The zero-order valence-corrected chi connectivity index (χ0v) is 15.5. The van der Waals surface area contributed by atoms with Crippen LogP contribution < -0.4 is 29.6 Å². The Labute approximate surface area is 143 Å². The zero-order valence-electron chi connectivity index (χ0n) is 13.5. The van der Waals surface area contributed by atoms with Crippen molar-refractivity contribution in [3.63, 3.8) is 0 Å². The molecule has 0 aliphatic rings. The van der Waals surface area contributed by atoms with Gasteiger partial charge in [0.15, 0.2) is 0 Å². The molecule has 1 rings (SSSR count). The van der Waals surface area contributed by atoms with E-state index in [4.69, 9.17) is 0 Å². The van der Waals surface area contributed by atoms with E-state index in [9.17, 15) is 0 Å². The molecule has 0 radical (unpaired) electrons. The monoisotopic (exact) mass is 270 g/mol. The van der Waals surface area contributed by atoms with Gasteiger partial charge in [-0.2, -0.15) is 36.4 Å². The summed E-state index contributed by atoms with van der Waals surface area (Å²) in [6.45, 7) is 4.56. The maximum Gasteiger partial charge on any atom is 1.00 e. The summed E-state index contributed by atoms with van der Waals surface area (Å²) in [6, 6.07) is 12.5. The van der Waals surface area contributed by atoms with E-state index >= 15 is 0 Å². The Balaban J connectivity index is 0. The Morgan fingerprint density at radius 3 is 1.16 bits per heavy atom. The van der Waals surface area contributed by atoms with Gasteiger partial charge in [0.1, 0.15) is 0 Å². The summed E-state index contributed by atoms with van der Waals surface area (Å²) in [4.78, 5) is 0. The van der Waals surface area contributed by atoms with Gasteiger partial charge in [-0.25, -0.2) is 0 Å². The van der Waals surface area contributed by atoms with Gasteiger partial charge in [-0.15, -0.1) is 0 Å². The topological polar surface area (TPSA) is 0 Å². The molecule has 104 valence electrons. The third-order valence-corrected chi connectivity index (χ3v) is 3.06. The Morgan fingerprint density at radius 2 is 0.947 bits per heavy atom. The Hall–Kier alpha value is 0.220. The molecule has 0 unspecified atom stereocenters. The van der Waals surface area contributed by atoms with Crippen LogP contribution in [0.4, 0.5) is 0 Å². The molecule has 0 amide bonds. The minimum absolute atomic E-state index is 0. The van der Waals surface area contributed by atoms with Crippen molar-refractivity contribution in [3.8, 4) is 0 Å². The summed E-state index contributed by atoms with van der Waals surface area (Å²) in [7, 11) is 0. The Bertz CT molecular complexity index is 184. The molecule has 1 heteroatoms.